The predicted octanol–water partition coefficient (Wildman–Crippen LogP) is 2.43. The summed E-state index contributed by atoms with van der Waals surface area (Å²) in [6.07, 6.45) is -1.27. The van der Waals surface area contributed by atoms with E-state index in [1.165, 1.54) is 12.1 Å². The fourth-order valence-corrected chi connectivity index (χ4v) is 1.36. The van der Waals surface area contributed by atoms with Crippen molar-refractivity contribution in [1.29, 1.82) is 5.26 Å². The van der Waals surface area contributed by atoms with Crippen molar-refractivity contribution in [3.63, 3.8) is 0 Å². The lowest BCUT2D eigenvalue weighted by molar-refractivity contribution is -0.140. The third kappa shape index (κ3) is 2.27. The van der Waals surface area contributed by atoms with Gasteiger partial charge in [0.05, 0.1) is 18.1 Å². The van der Waals surface area contributed by atoms with Crippen molar-refractivity contribution in [3.05, 3.63) is 42.1 Å². The standard InChI is InChI=1S/C11H5F3N4/c12-11(13,14)10-8(2-1-3-16-10)9-6-17-7(4-15)5-18-9/h1-3,5-6H. The van der Waals surface area contributed by atoms with E-state index >= 15 is 0 Å². The molecule has 2 aromatic rings. The molecular weight excluding hydrogens is 245 g/mol. The molecule has 0 aliphatic carbocycles. The van der Waals surface area contributed by atoms with Gasteiger partial charge in [0.15, 0.2) is 11.4 Å². The second-order valence-electron chi connectivity index (χ2n) is 3.30. The summed E-state index contributed by atoms with van der Waals surface area (Å²) < 4.78 is 38.1. The molecule has 18 heavy (non-hydrogen) atoms. The van der Waals surface area contributed by atoms with Crippen molar-refractivity contribution < 1.29 is 13.2 Å². The zero-order valence-corrected chi connectivity index (χ0v) is 8.81. The number of pyridine rings is 1. The van der Waals surface area contributed by atoms with Gasteiger partial charge in [0, 0.05) is 11.8 Å². The molecule has 0 atom stereocenters. The lowest BCUT2D eigenvalue weighted by Crippen LogP contribution is -2.10. The van der Waals surface area contributed by atoms with E-state index in [2.05, 4.69) is 15.0 Å². The van der Waals surface area contributed by atoms with Crippen LogP contribution in [-0.4, -0.2) is 15.0 Å². The number of aromatic nitrogens is 3. The number of halogens is 3. The monoisotopic (exact) mass is 250 g/mol. The number of hydrogen-bond acceptors (Lipinski definition) is 4. The van der Waals surface area contributed by atoms with Crippen LogP contribution in [0.5, 0.6) is 0 Å². The Hall–Kier alpha value is -2.49. The van der Waals surface area contributed by atoms with Gasteiger partial charge in [0.25, 0.3) is 0 Å². The molecule has 4 nitrogen and oxygen atoms in total. The van der Waals surface area contributed by atoms with Crippen LogP contribution in [-0.2, 0) is 6.18 Å². The smallest absolute Gasteiger partial charge is 0.252 e. The normalized spacial score (nSPS) is 11.0. The molecule has 2 aromatic heterocycles. The van der Waals surface area contributed by atoms with Crippen LogP contribution >= 0.6 is 0 Å². The van der Waals surface area contributed by atoms with Crippen LogP contribution in [0.1, 0.15) is 11.4 Å². The maximum atomic E-state index is 12.7. The number of rotatable bonds is 1. The third-order valence-corrected chi connectivity index (χ3v) is 2.12. The highest BCUT2D eigenvalue weighted by Crippen LogP contribution is 2.34. The van der Waals surface area contributed by atoms with E-state index < -0.39 is 11.9 Å². The van der Waals surface area contributed by atoms with Gasteiger partial charge in [-0.1, -0.05) is 0 Å². The van der Waals surface area contributed by atoms with Crippen molar-refractivity contribution in [2.24, 2.45) is 0 Å². The first-order chi connectivity index (χ1) is 8.52. The molecule has 0 aromatic carbocycles. The van der Waals surface area contributed by atoms with E-state index in [0.29, 0.717) is 0 Å². The first kappa shape index (κ1) is 12.0. The van der Waals surface area contributed by atoms with Gasteiger partial charge in [0.2, 0.25) is 0 Å². The lowest BCUT2D eigenvalue weighted by atomic mass is 10.1. The zero-order chi connectivity index (χ0) is 13.2. The van der Waals surface area contributed by atoms with E-state index in [4.69, 9.17) is 5.26 Å². The number of nitrogens with zero attached hydrogens (tertiary/aromatic N) is 4. The van der Waals surface area contributed by atoms with Crippen molar-refractivity contribution >= 4 is 0 Å². The highest BCUT2D eigenvalue weighted by atomic mass is 19.4. The molecule has 0 aliphatic rings. The molecule has 0 fully saturated rings. The second kappa shape index (κ2) is 4.41. The molecule has 0 saturated carbocycles. The maximum Gasteiger partial charge on any atom is 0.434 e. The third-order valence-electron chi connectivity index (χ3n) is 2.12. The highest BCUT2D eigenvalue weighted by molar-refractivity contribution is 5.61. The fourth-order valence-electron chi connectivity index (χ4n) is 1.36. The Labute approximate surface area is 99.8 Å². The summed E-state index contributed by atoms with van der Waals surface area (Å²) in [5.41, 5.74) is -1.13. The van der Waals surface area contributed by atoms with E-state index in [1.54, 1.807) is 6.07 Å². The van der Waals surface area contributed by atoms with E-state index in [0.717, 1.165) is 18.6 Å². The van der Waals surface area contributed by atoms with Crippen molar-refractivity contribution in [2.75, 3.05) is 0 Å². The average molecular weight is 250 g/mol. The minimum absolute atomic E-state index is 0.0226. The highest BCUT2D eigenvalue weighted by Gasteiger charge is 2.35. The van der Waals surface area contributed by atoms with Gasteiger partial charge in [-0.2, -0.15) is 18.4 Å². The van der Waals surface area contributed by atoms with E-state index in [9.17, 15) is 13.2 Å². The molecule has 7 heteroatoms. The summed E-state index contributed by atoms with van der Waals surface area (Å²) in [5.74, 6) is 0. The predicted molar refractivity (Wildman–Crippen MR) is 55.0 cm³/mol. The Balaban J connectivity index is 2.54. The van der Waals surface area contributed by atoms with Gasteiger partial charge in [-0.15, -0.1) is 0 Å². The molecule has 2 heterocycles. The summed E-state index contributed by atoms with van der Waals surface area (Å²) in [6, 6.07) is 4.37. The molecule has 2 rings (SSSR count). The molecule has 0 aliphatic heterocycles. The summed E-state index contributed by atoms with van der Waals surface area (Å²) in [4.78, 5) is 10.8. The first-order valence-corrected chi connectivity index (χ1v) is 4.77. The number of nitriles is 1. The van der Waals surface area contributed by atoms with E-state index in [-0.39, 0.29) is 17.0 Å². The number of hydrogen-bond donors (Lipinski definition) is 0. The summed E-state index contributed by atoms with van der Waals surface area (Å²) >= 11 is 0. The Kier molecular flexibility index (Phi) is 2.93. The minimum atomic E-state index is -4.56. The minimum Gasteiger partial charge on any atom is -0.252 e. The first-order valence-electron chi connectivity index (χ1n) is 4.77. The molecular formula is C11H5F3N4. The van der Waals surface area contributed by atoms with Crippen LogP contribution in [0.3, 0.4) is 0 Å². The quantitative estimate of drug-likeness (QED) is 0.779. The largest absolute Gasteiger partial charge is 0.434 e. The van der Waals surface area contributed by atoms with Gasteiger partial charge in [-0.05, 0) is 12.1 Å². The van der Waals surface area contributed by atoms with Gasteiger partial charge in [-0.25, -0.2) is 4.98 Å². The molecule has 90 valence electrons. The fraction of sp³-hybridized carbons (Fsp3) is 0.0909. The van der Waals surface area contributed by atoms with Crippen LogP contribution < -0.4 is 0 Å². The molecule has 0 unspecified atom stereocenters. The average Bonchev–Trinajstić information content (AvgIpc) is 2.38. The molecule has 0 radical (unpaired) electrons. The lowest BCUT2D eigenvalue weighted by Gasteiger charge is -2.10. The van der Waals surface area contributed by atoms with Gasteiger partial charge in [0.1, 0.15) is 6.07 Å². The zero-order valence-electron chi connectivity index (χ0n) is 8.81. The van der Waals surface area contributed by atoms with Gasteiger partial charge in [-0.3, -0.25) is 9.97 Å². The molecule has 0 bridgehead atoms. The summed E-state index contributed by atoms with van der Waals surface area (Å²) in [6.45, 7) is 0. The van der Waals surface area contributed by atoms with Crippen LogP contribution in [0.25, 0.3) is 11.3 Å². The van der Waals surface area contributed by atoms with Crippen LogP contribution in [0.4, 0.5) is 13.2 Å². The summed E-state index contributed by atoms with van der Waals surface area (Å²) in [5, 5.41) is 8.54. The molecule has 0 amide bonds. The molecule has 0 N–H and O–H groups in total. The van der Waals surface area contributed by atoms with Gasteiger partial charge >= 0.3 is 6.18 Å². The van der Waals surface area contributed by atoms with Crippen LogP contribution in [0.2, 0.25) is 0 Å². The Morgan fingerprint density at radius 2 is 1.89 bits per heavy atom. The Morgan fingerprint density at radius 1 is 1.11 bits per heavy atom. The Bertz CT molecular complexity index is 599. The van der Waals surface area contributed by atoms with Gasteiger partial charge < -0.3 is 0 Å². The van der Waals surface area contributed by atoms with Crippen LogP contribution in [0, 0.1) is 11.3 Å². The van der Waals surface area contributed by atoms with Crippen LogP contribution in [0.15, 0.2) is 30.7 Å². The van der Waals surface area contributed by atoms with Crippen molar-refractivity contribution in [1.82, 2.24) is 15.0 Å². The maximum absolute atomic E-state index is 12.7. The Morgan fingerprint density at radius 3 is 2.44 bits per heavy atom. The summed E-state index contributed by atoms with van der Waals surface area (Å²) in [7, 11) is 0. The SMILES string of the molecule is N#Cc1cnc(-c2cccnc2C(F)(F)F)cn1. The number of alkyl halides is 3. The van der Waals surface area contributed by atoms with Crippen molar-refractivity contribution in [3.8, 4) is 17.3 Å². The van der Waals surface area contributed by atoms with E-state index in [1.807, 2.05) is 0 Å². The van der Waals surface area contributed by atoms with Crippen molar-refractivity contribution in [2.45, 2.75) is 6.18 Å². The molecule has 0 saturated heterocycles. The second-order valence-corrected chi connectivity index (χ2v) is 3.30. The molecule has 0 spiro atoms. The topological polar surface area (TPSA) is 62.5 Å².